The summed E-state index contributed by atoms with van der Waals surface area (Å²) in [6.07, 6.45) is 1.89. The molecular weight excluding hydrogens is 304 g/mol. The number of hydrogen-bond donors (Lipinski definition) is 3. The SMILES string of the molecule is O=C(Nc1ccccc1N1CCC(CO)CC1)c1ccccc1O. The van der Waals surface area contributed by atoms with Crippen molar-refractivity contribution in [2.45, 2.75) is 12.8 Å². The van der Waals surface area contributed by atoms with E-state index in [1.165, 1.54) is 6.07 Å². The van der Waals surface area contributed by atoms with Crippen molar-refractivity contribution >= 4 is 17.3 Å². The van der Waals surface area contributed by atoms with Crippen LogP contribution in [0.3, 0.4) is 0 Å². The zero-order valence-electron chi connectivity index (χ0n) is 13.5. The second-order valence-corrected chi connectivity index (χ2v) is 6.10. The molecule has 0 radical (unpaired) electrons. The number of amides is 1. The highest BCUT2D eigenvalue weighted by Gasteiger charge is 2.21. The third-order valence-corrected chi connectivity index (χ3v) is 4.51. The summed E-state index contributed by atoms with van der Waals surface area (Å²) in [5.41, 5.74) is 1.96. The van der Waals surface area contributed by atoms with Crippen LogP contribution in [0.15, 0.2) is 48.5 Å². The number of phenolic OH excluding ortho intramolecular Hbond substituents is 1. The fraction of sp³-hybridized carbons (Fsp3) is 0.316. The molecule has 2 aromatic carbocycles. The normalized spacial score (nSPS) is 15.3. The summed E-state index contributed by atoms with van der Waals surface area (Å²) in [4.78, 5) is 14.7. The summed E-state index contributed by atoms with van der Waals surface area (Å²) in [6.45, 7) is 1.95. The van der Waals surface area contributed by atoms with E-state index < -0.39 is 0 Å². The number of anilines is 2. The van der Waals surface area contributed by atoms with E-state index in [1.54, 1.807) is 18.2 Å². The van der Waals surface area contributed by atoms with Crippen LogP contribution in [-0.2, 0) is 0 Å². The monoisotopic (exact) mass is 326 g/mol. The zero-order chi connectivity index (χ0) is 16.9. The number of para-hydroxylation sites is 3. The molecule has 0 aliphatic carbocycles. The van der Waals surface area contributed by atoms with Gasteiger partial charge in [-0.25, -0.2) is 0 Å². The minimum Gasteiger partial charge on any atom is -0.507 e. The van der Waals surface area contributed by atoms with E-state index >= 15 is 0 Å². The summed E-state index contributed by atoms with van der Waals surface area (Å²) in [6, 6.07) is 14.2. The number of nitrogens with one attached hydrogen (secondary N) is 1. The maximum atomic E-state index is 12.4. The fourth-order valence-electron chi connectivity index (χ4n) is 3.07. The molecule has 1 saturated heterocycles. The Labute approximate surface area is 141 Å². The first-order valence-electron chi connectivity index (χ1n) is 8.23. The largest absolute Gasteiger partial charge is 0.507 e. The minimum atomic E-state index is -0.328. The Bertz CT molecular complexity index is 709. The summed E-state index contributed by atoms with van der Waals surface area (Å²) >= 11 is 0. The molecule has 1 aliphatic heterocycles. The van der Waals surface area contributed by atoms with Crippen molar-refractivity contribution in [1.29, 1.82) is 0 Å². The van der Waals surface area contributed by atoms with Crippen LogP contribution >= 0.6 is 0 Å². The number of benzene rings is 2. The number of carbonyl (C=O) groups excluding carboxylic acids is 1. The number of hydrogen-bond acceptors (Lipinski definition) is 4. The molecule has 3 N–H and O–H groups in total. The maximum absolute atomic E-state index is 12.4. The average Bonchev–Trinajstić information content (AvgIpc) is 2.62. The highest BCUT2D eigenvalue weighted by Crippen LogP contribution is 2.30. The van der Waals surface area contributed by atoms with E-state index in [4.69, 9.17) is 0 Å². The highest BCUT2D eigenvalue weighted by molar-refractivity contribution is 6.07. The molecule has 0 spiro atoms. The number of nitrogens with zero attached hydrogens (tertiary/aromatic N) is 1. The lowest BCUT2D eigenvalue weighted by molar-refractivity contribution is 0.102. The molecule has 24 heavy (non-hydrogen) atoms. The standard InChI is InChI=1S/C19H22N2O3/c22-13-14-9-11-21(12-10-14)17-7-3-2-6-16(17)20-19(24)15-5-1-4-8-18(15)23/h1-8,14,22-23H,9-13H2,(H,20,24). The summed E-state index contributed by atoms with van der Waals surface area (Å²) in [7, 11) is 0. The van der Waals surface area contributed by atoms with Crippen LogP contribution in [0, 0.1) is 5.92 Å². The minimum absolute atomic E-state index is 0.0313. The molecule has 3 rings (SSSR count). The predicted molar refractivity (Wildman–Crippen MR) is 94.5 cm³/mol. The fourth-order valence-corrected chi connectivity index (χ4v) is 3.07. The molecule has 1 amide bonds. The van der Waals surface area contributed by atoms with Crippen molar-refractivity contribution in [1.82, 2.24) is 0 Å². The predicted octanol–water partition coefficient (Wildman–Crippen LogP) is 2.85. The van der Waals surface area contributed by atoms with Crippen molar-refractivity contribution in [3.63, 3.8) is 0 Å². The summed E-state index contributed by atoms with van der Waals surface area (Å²) < 4.78 is 0. The number of carbonyl (C=O) groups is 1. The topological polar surface area (TPSA) is 72.8 Å². The van der Waals surface area contributed by atoms with Gasteiger partial charge in [0.25, 0.3) is 5.91 Å². The first-order chi connectivity index (χ1) is 11.7. The molecule has 1 fully saturated rings. The third-order valence-electron chi connectivity index (χ3n) is 4.51. The second kappa shape index (κ2) is 7.36. The number of phenols is 1. The van der Waals surface area contributed by atoms with Crippen LogP contribution in [0.5, 0.6) is 5.75 Å². The molecule has 0 atom stereocenters. The van der Waals surface area contributed by atoms with Gasteiger partial charge >= 0.3 is 0 Å². The number of aliphatic hydroxyl groups excluding tert-OH is 1. The lowest BCUT2D eigenvalue weighted by atomic mass is 9.97. The summed E-state index contributed by atoms with van der Waals surface area (Å²) in [5.74, 6) is 0.00584. The van der Waals surface area contributed by atoms with E-state index in [-0.39, 0.29) is 23.8 Å². The van der Waals surface area contributed by atoms with Gasteiger partial charge in [0, 0.05) is 19.7 Å². The summed E-state index contributed by atoms with van der Waals surface area (Å²) in [5, 5.41) is 22.0. The first kappa shape index (κ1) is 16.3. The van der Waals surface area contributed by atoms with Crippen molar-refractivity contribution in [3.05, 3.63) is 54.1 Å². The van der Waals surface area contributed by atoms with Crippen molar-refractivity contribution < 1.29 is 15.0 Å². The third kappa shape index (κ3) is 3.51. The molecular formula is C19H22N2O3. The van der Waals surface area contributed by atoms with E-state index in [2.05, 4.69) is 10.2 Å². The number of aliphatic hydroxyl groups is 1. The molecule has 2 aromatic rings. The lowest BCUT2D eigenvalue weighted by Gasteiger charge is -2.34. The van der Waals surface area contributed by atoms with Crippen LogP contribution in [-0.4, -0.2) is 35.8 Å². The number of rotatable bonds is 4. The Morgan fingerprint density at radius 2 is 1.75 bits per heavy atom. The van der Waals surface area contributed by atoms with Crippen LogP contribution in [0.25, 0.3) is 0 Å². The molecule has 126 valence electrons. The van der Waals surface area contributed by atoms with Gasteiger partial charge in [0.15, 0.2) is 0 Å². The van der Waals surface area contributed by atoms with Crippen molar-refractivity contribution in [3.8, 4) is 5.75 Å². The smallest absolute Gasteiger partial charge is 0.259 e. The molecule has 5 nitrogen and oxygen atoms in total. The molecule has 0 aromatic heterocycles. The average molecular weight is 326 g/mol. The quantitative estimate of drug-likeness (QED) is 0.808. The Kier molecular flexibility index (Phi) is 5.01. The van der Waals surface area contributed by atoms with E-state index in [0.717, 1.165) is 37.3 Å². The van der Waals surface area contributed by atoms with Gasteiger partial charge in [-0.2, -0.15) is 0 Å². The van der Waals surface area contributed by atoms with Crippen LogP contribution in [0.2, 0.25) is 0 Å². The molecule has 0 unspecified atom stereocenters. The Morgan fingerprint density at radius 3 is 2.46 bits per heavy atom. The molecule has 1 heterocycles. The van der Waals surface area contributed by atoms with Crippen molar-refractivity contribution in [2.75, 3.05) is 29.9 Å². The zero-order valence-corrected chi connectivity index (χ0v) is 13.5. The van der Waals surface area contributed by atoms with Gasteiger partial charge in [-0.1, -0.05) is 24.3 Å². The van der Waals surface area contributed by atoms with E-state index in [1.807, 2.05) is 24.3 Å². The van der Waals surface area contributed by atoms with Gasteiger partial charge in [0.05, 0.1) is 16.9 Å². The van der Waals surface area contributed by atoms with Gasteiger partial charge in [-0.3, -0.25) is 4.79 Å². The van der Waals surface area contributed by atoms with Crippen LogP contribution < -0.4 is 10.2 Å². The molecule has 5 heteroatoms. The van der Waals surface area contributed by atoms with Gasteiger partial charge in [0.1, 0.15) is 5.75 Å². The lowest BCUT2D eigenvalue weighted by Crippen LogP contribution is -2.35. The van der Waals surface area contributed by atoms with E-state index in [9.17, 15) is 15.0 Å². The molecule has 0 saturated carbocycles. The van der Waals surface area contributed by atoms with E-state index in [0.29, 0.717) is 5.92 Å². The Hall–Kier alpha value is -2.53. The first-order valence-corrected chi connectivity index (χ1v) is 8.23. The molecule has 1 aliphatic rings. The van der Waals surface area contributed by atoms with Gasteiger partial charge in [-0.05, 0) is 43.0 Å². The number of piperidine rings is 1. The molecule has 0 bridgehead atoms. The Morgan fingerprint density at radius 1 is 1.08 bits per heavy atom. The van der Waals surface area contributed by atoms with Crippen LogP contribution in [0.1, 0.15) is 23.2 Å². The Balaban J connectivity index is 1.77. The van der Waals surface area contributed by atoms with Crippen LogP contribution in [0.4, 0.5) is 11.4 Å². The maximum Gasteiger partial charge on any atom is 0.259 e. The van der Waals surface area contributed by atoms with Gasteiger partial charge in [-0.15, -0.1) is 0 Å². The number of aromatic hydroxyl groups is 1. The van der Waals surface area contributed by atoms with Crippen molar-refractivity contribution in [2.24, 2.45) is 5.92 Å². The van der Waals surface area contributed by atoms with Gasteiger partial charge < -0.3 is 20.4 Å². The van der Waals surface area contributed by atoms with Gasteiger partial charge in [0.2, 0.25) is 0 Å². The highest BCUT2D eigenvalue weighted by atomic mass is 16.3. The second-order valence-electron chi connectivity index (χ2n) is 6.10.